The summed E-state index contributed by atoms with van der Waals surface area (Å²) < 4.78 is 5.10. The number of carbonyl (C=O) groups is 2. The van der Waals surface area contributed by atoms with Crippen LogP contribution in [0.4, 0.5) is 0 Å². The number of hydrogen-bond donors (Lipinski definition) is 0. The van der Waals surface area contributed by atoms with Crippen molar-refractivity contribution in [2.75, 3.05) is 7.11 Å². The number of Topliss-reactive ketones (excluding diaryl/α,β-unsaturated/α-hetero) is 1. The molecule has 0 atom stereocenters. The summed E-state index contributed by atoms with van der Waals surface area (Å²) >= 11 is 0. The maximum Gasteiger partial charge on any atom is 0.223 e. The molecule has 0 saturated heterocycles. The number of nitrogens with zero attached hydrogens (tertiary/aromatic N) is 1. The highest BCUT2D eigenvalue weighted by Crippen LogP contribution is 2.15. The minimum atomic E-state index is 0.0552. The summed E-state index contributed by atoms with van der Waals surface area (Å²) in [5.74, 6) is 0.871. The maximum absolute atomic E-state index is 12.6. The molecule has 0 unspecified atom stereocenters. The van der Waals surface area contributed by atoms with Gasteiger partial charge in [-0.2, -0.15) is 0 Å². The van der Waals surface area contributed by atoms with Crippen molar-refractivity contribution >= 4 is 11.7 Å². The zero-order valence-corrected chi connectivity index (χ0v) is 15.8. The molecule has 0 fully saturated rings. The van der Waals surface area contributed by atoms with Crippen molar-refractivity contribution in [3.05, 3.63) is 65.7 Å². The van der Waals surface area contributed by atoms with Gasteiger partial charge in [0, 0.05) is 31.0 Å². The number of benzene rings is 2. The molecule has 4 heteroatoms. The first-order valence-electron chi connectivity index (χ1n) is 9.02. The molecule has 0 aliphatic rings. The Hall–Kier alpha value is -2.62. The first-order valence-corrected chi connectivity index (χ1v) is 9.02. The van der Waals surface area contributed by atoms with Crippen molar-refractivity contribution in [3.63, 3.8) is 0 Å². The van der Waals surface area contributed by atoms with Gasteiger partial charge >= 0.3 is 0 Å². The Bertz CT molecular complexity index is 708. The molecule has 1 amide bonds. The van der Waals surface area contributed by atoms with Crippen LogP contribution in [0.3, 0.4) is 0 Å². The first kappa shape index (κ1) is 19.7. The van der Waals surface area contributed by atoms with Gasteiger partial charge in [-0.1, -0.05) is 30.3 Å². The van der Waals surface area contributed by atoms with Crippen molar-refractivity contribution < 1.29 is 14.3 Å². The normalized spacial score (nSPS) is 10.6. The molecule has 0 aromatic heterocycles. The molecule has 0 spiro atoms. The van der Waals surface area contributed by atoms with Crippen LogP contribution in [0.1, 0.15) is 49.0 Å². The fourth-order valence-electron chi connectivity index (χ4n) is 2.80. The second kappa shape index (κ2) is 9.76. The van der Waals surface area contributed by atoms with E-state index in [9.17, 15) is 9.59 Å². The number of carbonyl (C=O) groups excluding carboxylic acids is 2. The Balaban J connectivity index is 1.86. The number of rotatable bonds is 9. The van der Waals surface area contributed by atoms with Crippen molar-refractivity contribution in [2.45, 2.75) is 45.7 Å². The summed E-state index contributed by atoms with van der Waals surface area (Å²) in [6, 6.07) is 17.2. The summed E-state index contributed by atoms with van der Waals surface area (Å²) in [4.78, 5) is 26.7. The standard InChI is InChI=1S/C22H27NO3/c1-17(2)23(16-18-8-5-4-6-9-18)22(25)11-7-10-21(24)19-12-14-20(26-3)15-13-19/h4-6,8-9,12-15,17H,7,10-11,16H2,1-3H3. The third-order valence-electron chi connectivity index (χ3n) is 4.35. The van der Waals surface area contributed by atoms with E-state index in [1.165, 1.54) is 0 Å². The monoisotopic (exact) mass is 353 g/mol. The van der Waals surface area contributed by atoms with Gasteiger partial charge in [0.05, 0.1) is 7.11 Å². The molecule has 0 bridgehead atoms. The van der Waals surface area contributed by atoms with Crippen LogP contribution >= 0.6 is 0 Å². The number of ether oxygens (including phenoxy) is 1. The zero-order valence-electron chi connectivity index (χ0n) is 15.8. The fourth-order valence-corrected chi connectivity index (χ4v) is 2.80. The summed E-state index contributed by atoms with van der Waals surface area (Å²) in [6.07, 6.45) is 1.31. The van der Waals surface area contributed by atoms with Gasteiger partial charge in [0.1, 0.15) is 5.75 Å². The van der Waals surface area contributed by atoms with Crippen LogP contribution < -0.4 is 4.74 Å². The molecular formula is C22H27NO3. The maximum atomic E-state index is 12.6. The Kier molecular flexibility index (Phi) is 7.39. The van der Waals surface area contributed by atoms with Crippen molar-refractivity contribution in [1.82, 2.24) is 4.90 Å². The molecule has 26 heavy (non-hydrogen) atoms. The quantitative estimate of drug-likeness (QED) is 0.624. The average molecular weight is 353 g/mol. The highest BCUT2D eigenvalue weighted by molar-refractivity contribution is 5.96. The third-order valence-corrected chi connectivity index (χ3v) is 4.35. The molecular weight excluding hydrogens is 326 g/mol. The number of methoxy groups -OCH3 is 1. The Morgan fingerprint density at radius 2 is 1.62 bits per heavy atom. The number of hydrogen-bond acceptors (Lipinski definition) is 3. The zero-order chi connectivity index (χ0) is 18.9. The lowest BCUT2D eigenvalue weighted by Crippen LogP contribution is -2.36. The van der Waals surface area contributed by atoms with Gasteiger partial charge in [-0.3, -0.25) is 9.59 Å². The van der Waals surface area contributed by atoms with Crippen LogP contribution in [0, 0.1) is 0 Å². The van der Waals surface area contributed by atoms with Crippen LogP contribution in [-0.2, 0) is 11.3 Å². The van der Waals surface area contributed by atoms with Gasteiger partial charge in [-0.15, -0.1) is 0 Å². The molecule has 0 heterocycles. The largest absolute Gasteiger partial charge is 0.497 e. The minimum absolute atomic E-state index is 0.0552. The van der Waals surface area contributed by atoms with Crippen LogP contribution in [-0.4, -0.2) is 29.7 Å². The van der Waals surface area contributed by atoms with Crippen LogP contribution in [0.15, 0.2) is 54.6 Å². The molecule has 0 saturated carbocycles. The van der Waals surface area contributed by atoms with E-state index in [1.807, 2.05) is 49.1 Å². The molecule has 0 N–H and O–H groups in total. The Labute approximate surface area is 155 Å². The Morgan fingerprint density at radius 3 is 2.19 bits per heavy atom. The van der Waals surface area contributed by atoms with Gasteiger partial charge in [0.15, 0.2) is 5.78 Å². The summed E-state index contributed by atoms with van der Waals surface area (Å²) in [5, 5.41) is 0. The minimum Gasteiger partial charge on any atom is -0.497 e. The second-order valence-electron chi connectivity index (χ2n) is 6.61. The Morgan fingerprint density at radius 1 is 0.962 bits per heavy atom. The van der Waals surface area contributed by atoms with E-state index in [0.29, 0.717) is 31.4 Å². The second-order valence-corrected chi connectivity index (χ2v) is 6.61. The first-order chi connectivity index (χ1) is 12.5. The average Bonchev–Trinajstić information content (AvgIpc) is 2.66. The van der Waals surface area contributed by atoms with Gasteiger partial charge in [-0.05, 0) is 50.1 Å². The van der Waals surface area contributed by atoms with Crippen LogP contribution in [0.5, 0.6) is 5.75 Å². The lowest BCUT2D eigenvalue weighted by molar-refractivity contribution is -0.133. The molecule has 138 valence electrons. The summed E-state index contributed by atoms with van der Waals surface area (Å²) in [7, 11) is 1.60. The van der Waals surface area contributed by atoms with Crippen LogP contribution in [0.25, 0.3) is 0 Å². The smallest absolute Gasteiger partial charge is 0.223 e. The van der Waals surface area contributed by atoms with Gasteiger partial charge < -0.3 is 9.64 Å². The highest BCUT2D eigenvalue weighted by atomic mass is 16.5. The lowest BCUT2D eigenvalue weighted by atomic mass is 10.0. The molecule has 4 nitrogen and oxygen atoms in total. The molecule has 0 radical (unpaired) electrons. The summed E-state index contributed by atoms with van der Waals surface area (Å²) in [5.41, 5.74) is 1.77. The van der Waals surface area contributed by atoms with Crippen molar-refractivity contribution in [1.29, 1.82) is 0 Å². The van der Waals surface area contributed by atoms with E-state index in [0.717, 1.165) is 11.3 Å². The van der Waals surface area contributed by atoms with Crippen molar-refractivity contribution in [3.8, 4) is 5.75 Å². The van der Waals surface area contributed by atoms with Gasteiger partial charge in [-0.25, -0.2) is 0 Å². The van der Waals surface area contributed by atoms with E-state index < -0.39 is 0 Å². The van der Waals surface area contributed by atoms with E-state index in [4.69, 9.17) is 4.74 Å². The molecule has 0 aliphatic carbocycles. The molecule has 2 aromatic rings. The number of ketones is 1. The van der Waals surface area contributed by atoms with Gasteiger partial charge in [0.25, 0.3) is 0 Å². The van der Waals surface area contributed by atoms with E-state index >= 15 is 0 Å². The molecule has 2 aromatic carbocycles. The molecule has 0 aliphatic heterocycles. The highest BCUT2D eigenvalue weighted by Gasteiger charge is 2.17. The predicted molar refractivity (Wildman–Crippen MR) is 103 cm³/mol. The topological polar surface area (TPSA) is 46.6 Å². The van der Waals surface area contributed by atoms with E-state index in [2.05, 4.69) is 0 Å². The molecule has 2 rings (SSSR count). The SMILES string of the molecule is COc1ccc(C(=O)CCCC(=O)N(Cc2ccccc2)C(C)C)cc1. The lowest BCUT2D eigenvalue weighted by Gasteiger charge is -2.27. The van der Waals surface area contributed by atoms with Crippen LogP contribution in [0.2, 0.25) is 0 Å². The fraction of sp³-hybridized carbons (Fsp3) is 0.364. The van der Waals surface area contributed by atoms with Gasteiger partial charge in [0.2, 0.25) is 5.91 Å². The van der Waals surface area contributed by atoms with E-state index in [1.54, 1.807) is 31.4 Å². The summed E-state index contributed by atoms with van der Waals surface area (Å²) in [6.45, 7) is 4.64. The van der Waals surface area contributed by atoms with E-state index in [-0.39, 0.29) is 17.7 Å². The number of amides is 1. The predicted octanol–water partition coefficient (Wildman–Crippen LogP) is 4.49. The third kappa shape index (κ3) is 5.73. The van der Waals surface area contributed by atoms with Crippen molar-refractivity contribution in [2.24, 2.45) is 0 Å².